The zero-order chi connectivity index (χ0) is 16.2. The molecule has 0 fully saturated rings. The molecule has 1 aliphatic heterocycles. The molecule has 0 aliphatic carbocycles. The lowest BCUT2D eigenvalue weighted by atomic mass is 10.1. The maximum absolute atomic E-state index is 12.1. The van der Waals surface area contributed by atoms with Crippen molar-refractivity contribution in [1.29, 1.82) is 0 Å². The third kappa shape index (κ3) is 3.71. The molecule has 1 aromatic heterocycles. The van der Waals surface area contributed by atoms with Crippen molar-refractivity contribution in [1.82, 2.24) is 25.4 Å². The Morgan fingerprint density at radius 3 is 3.09 bits per heavy atom. The van der Waals surface area contributed by atoms with E-state index in [1.54, 1.807) is 11.9 Å². The van der Waals surface area contributed by atoms with E-state index in [0.29, 0.717) is 25.3 Å². The third-order valence-corrected chi connectivity index (χ3v) is 3.73. The molecule has 8 nitrogen and oxygen atoms in total. The van der Waals surface area contributed by atoms with Crippen molar-refractivity contribution in [2.45, 2.75) is 18.9 Å². The van der Waals surface area contributed by atoms with Gasteiger partial charge in [-0.2, -0.15) is 4.98 Å². The number of anilines is 1. The number of aromatic nitrogens is 3. The van der Waals surface area contributed by atoms with Crippen molar-refractivity contribution >= 4 is 12.0 Å². The number of hydrogen-bond donors (Lipinski definition) is 3. The molecule has 3 rings (SSSR count). The van der Waals surface area contributed by atoms with Gasteiger partial charge in [0.2, 0.25) is 5.95 Å². The highest BCUT2D eigenvalue weighted by molar-refractivity contribution is 5.73. The Labute approximate surface area is 134 Å². The molecule has 0 saturated heterocycles. The van der Waals surface area contributed by atoms with Crippen LogP contribution in [0, 0.1) is 0 Å². The lowest BCUT2D eigenvalue weighted by Crippen LogP contribution is -2.43. The summed E-state index contributed by atoms with van der Waals surface area (Å²) in [5.74, 6) is 1.77. The summed E-state index contributed by atoms with van der Waals surface area (Å²) >= 11 is 0. The van der Waals surface area contributed by atoms with Gasteiger partial charge in [0.25, 0.3) is 0 Å². The fraction of sp³-hybridized carbons (Fsp3) is 0.400. The number of benzene rings is 1. The van der Waals surface area contributed by atoms with Crippen molar-refractivity contribution < 1.29 is 9.53 Å². The molecule has 0 saturated carbocycles. The van der Waals surface area contributed by atoms with E-state index >= 15 is 0 Å². The Bertz CT molecular complexity index is 661. The number of nitrogens with zero attached hydrogens (tertiary/aromatic N) is 3. The largest absolute Gasteiger partial charge is 0.488 e. The van der Waals surface area contributed by atoms with Crippen molar-refractivity contribution in [3.8, 4) is 5.75 Å². The molecule has 2 heterocycles. The molecule has 2 amide bonds. The van der Waals surface area contributed by atoms with Gasteiger partial charge >= 0.3 is 6.03 Å². The summed E-state index contributed by atoms with van der Waals surface area (Å²) in [4.78, 5) is 17.7. The summed E-state index contributed by atoms with van der Waals surface area (Å²) in [7, 11) is 1.76. The molecule has 1 aliphatic rings. The Balaban J connectivity index is 1.42. The molecule has 4 N–H and O–H groups in total. The third-order valence-electron chi connectivity index (χ3n) is 3.73. The number of carbonyl (C=O) groups is 1. The summed E-state index contributed by atoms with van der Waals surface area (Å²) in [5, 5.41) is 9.28. The zero-order valence-electron chi connectivity index (χ0n) is 13.0. The number of fused-ring (bicyclic) bond motifs is 1. The molecule has 23 heavy (non-hydrogen) atoms. The van der Waals surface area contributed by atoms with Gasteiger partial charge in [0.05, 0.1) is 6.54 Å². The first-order valence-corrected chi connectivity index (χ1v) is 7.52. The molecule has 0 bridgehead atoms. The average Bonchev–Trinajstić information content (AvgIpc) is 3.12. The number of nitrogens with two attached hydrogens (primary N) is 1. The maximum Gasteiger partial charge on any atom is 0.317 e. The first-order valence-electron chi connectivity index (χ1n) is 7.52. The Morgan fingerprint density at radius 1 is 1.52 bits per heavy atom. The SMILES string of the molecule is CN(C[C@@H]1Cc2ccccc2O1)C(=O)NCCc1nc(N)n[nH]1. The van der Waals surface area contributed by atoms with E-state index in [0.717, 1.165) is 12.2 Å². The van der Waals surface area contributed by atoms with Gasteiger partial charge in [-0.3, -0.25) is 5.10 Å². The molecule has 0 spiro atoms. The van der Waals surface area contributed by atoms with Gasteiger partial charge in [-0.05, 0) is 11.6 Å². The summed E-state index contributed by atoms with van der Waals surface area (Å²) in [5.41, 5.74) is 6.61. The molecule has 0 radical (unpaired) electrons. The van der Waals surface area contributed by atoms with Crippen molar-refractivity contribution in [3.05, 3.63) is 35.7 Å². The Hall–Kier alpha value is -2.77. The van der Waals surface area contributed by atoms with Crippen LogP contribution in [0.3, 0.4) is 0 Å². The number of H-pyrrole nitrogens is 1. The van der Waals surface area contributed by atoms with Gasteiger partial charge < -0.3 is 20.7 Å². The highest BCUT2D eigenvalue weighted by atomic mass is 16.5. The summed E-state index contributed by atoms with van der Waals surface area (Å²) in [6, 6.07) is 7.82. The van der Waals surface area contributed by atoms with Crippen LogP contribution >= 0.6 is 0 Å². The number of para-hydroxylation sites is 1. The van der Waals surface area contributed by atoms with Crippen LogP contribution in [0.25, 0.3) is 0 Å². The van der Waals surface area contributed by atoms with Gasteiger partial charge in [-0.25, -0.2) is 4.79 Å². The number of urea groups is 1. The molecule has 0 unspecified atom stereocenters. The van der Waals surface area contributed by atoms with Crippen LogP contribution in [0.15, 0.2) is 24.3 Å². The number of rotatable bonds is 5. The second-order valence-electron chi connectivity index (χ2n) is 5.55. The fourth-order valence-corrected chi connectivity index (χ4v) is 2.59. The topological polar surface area (TPSA) is 109 Å². The van der Waals surface area contributed by atoms with Crippen LogP contribution in [0.1, 0.15) is 11.4 Å². The van der Waals surface area contributed by atoms with E-state index in [2.05, 4.69) is 26.6 Å². The number of hydrogen-bond acceptors (Lipinski definition) is 5. The van der Waals surface area contributed by atoms with E-state index in [-0.39, 0.29) is 18.1 Å². The maximum atomic E-state index is 12.1. The van der Waals surface area contributed by atoms with Gasteiger partial charge in [-0.15, -0.1) is 5.10 Å². The van der Waals surface area contributed by atoms with Gasteiger partial charge in [0, 0.05) is 26.4 Å². The molecule has 1 atom stereocenters. The molecule has 2 aromatic rings. The van der Waals surface area contributed by atoms with Crippen LogP contribution in [0.5, 0.6) is 5.75 Å². The van der Waals surface area contributed by atoms with Crippen LogP contribution < -0.4 is 15.8 Å². The zero-order valence-corrected chi connectivity index (χ0v) is 13.0. The number of amides is 2. The minimum absolute atomic E-state index is 0.00257. The van der Waals surface area contributed by atoms with Crippen molar-refractivity contribution in [2.24, 2.45) is 0 Å². The summed E-state index contributed by atoms with van der Waals surface area (Å²) in [6.45, 7) is 0.999. The van der Waals surface area contributed by atoms with Crippen LogP contribution in [0.2, 0.25) is 0 Å². The van der Waals surface area contributed by atoms with Crippen molar-refractivity contribution in [2.75, 3.05) is 25.9 Å². The first kappa shape index (κ1) is 15.1. The second-order valence-corrected chi connectivity index (χ2v) is 5.55. The van der Waals surface area contributed by atoms with Crippen LogP contribution in [-0.2, 0) is 12.8 Å². The second kappa shape index (κ2) is 6.55. The van der Waals surface area contributed by atoms with E-state index in [4.69, 9.17) is 10.5 Å². The van der Waals surface area contributed by atoms with E-state index in [1.165, 1.54) is 5.56 Å². The minimum Gasteiger partial charge on any atom is -0.488 e. The molecule has 122 valence electrons. The van der Waals surface area contributed by atoms with Gasteiger partial charge in [0.15, 0.2) is 0 Å². The highest BCUT2D eigenvalue weighted by Crippen LogP contribution is 2.28. The number of likely N-dealkylation sites (N-methyl/N-ethyl adjacent to an activating group) is 1. The van der Waals surface area contributed by atoms with Crippen molar-refractivity contribution in [3.63, 3.8) is 0 Å². The minimum atomic E-state index is -0.142. The predicted octanol–water partition coefficient (Wildman–Crippen LogP) is 0.575. The molecular formula is C15H20N6O2. The fourth-order valence-electron chi connectivity index (χ4n) is 2.59. The standard InChI is InChI=1S/C15H20N6O2/c1-21(9-11-8-10-4-2-3-5-12(10)23-11)15(22)17-7-6-13-18-14(16)20-19-13/h2-5,11H,6-9H2,1H3,(H,17,22)(H3,16,18,19,20)/t11-/m0/s1. The normalized spacial score (nSPS) is 15.8. The van der Waals surface area contributed by atoms with E-state index in [9.17, 15) is 4.79 Å². The average molecular weight is 316 g/mol. The van der Waals surface area contributed by atoms with Gasteiger partial charge in [0.1, 0.15) is 17.7 Å². The monoisotopic (exact) mass is 316 g/mol. The number of carbonyl (C=O) groups excluding carboxylic acids is 1. The molecule has 8 heteroatoms. The lowest BCUT2D eigenvalue weighted by molar-refractivity contribution is 0.164. The van der Waals surface area contributed by atoms with Crippen LogP contribution in [-0.4, -0.2) is 52.4 Å². The first-order chi connectivity index (χ1) is 11.1. The Kier molecular flexibility index (Phi) is 4.31. The molecular weight excluding hydrogens is 296 g/mol. The quantitative estimate of drug-likeness (QED) is 0.747. The highest BCUT2D eigenvalue weighted by Gasteiger charge is 2.24. The lowest BCUT2D eigenvalue weighted by Gasteiger charge is -2.21. The number of aromatic amines is 1. The Morgan fingerprint density at radius 2 is 2.35 bits per heavy atom. The van der Waals surface area contributed by atoms with Gasteiger partial charge in [-0.1, -0.05) is 18.2 Å². The number of nitrogens with one attached hydrogen (secondary N) is 2. The van der Waals surface area contributed by atoms with Crippen LogP contribution in [0.4, 0.5) is 10.7 Å². The number of nitrogen functional groups attached to an aromatic ring is 1. The van der Waals surface area contributed by atoms with E-state index < -0.39 is 0 Å². The smallest absolute Gasteiger partial charge is 0.317 e. The molecule has 1 aromatic carbocycles. The van der Waals surface area contributed by atoms with E-state index in [1.807, 2.05) is 18.2 Å². The number of ether oxygens (including phenoxy) is 1. The summed E-state index contributed by atoms with van der Waals surface area (Å²) in [6.07, 6.45) is 1.37. The summed E-state index contributed by atoms with van der Waals surface area (Å²) < 4.78 is 5.85. The predicted molar refractivity (Wildman–Crippen MR) is 85.1 cm³/mol.